The molecule has 0 aliphatic rings. The van der Waals surface area contributed by atoms with Crippen LogP contribution in [-0.4, -0.2) is 50.5 Å². The molecule has 1 aromatic carbocycles. The van der Waals surface area contributed by atoms with Crippen molar-refractivity contribution in [2.45, 2.75) is 82.4 Å². The van der Waals surface area contributed by atoms with Crippen LogP contribution in [0.2, 0.25) is 0 Å². The number of unbranched alkanes of at least 4 members (excludes halogenated alkanes) is 10. The number of benzene rings is 1. The number of carbonyl (C=O) groups excluding carboxylic acids is 1. The second-order valence-electron chi connectivity index (χ2n) is 6.73. The summed E-state index contributed by atoms with van der Waals surface area (Å²) in [4.78, 5) is 9.71. The summed E-state index contributed by atoms with van der Waals surface area (Å²) in [5, 5.41) is 0. The number of hydrogen-bond acceptors (Lipinski definition) is 4. The van der Waals surface area contributed by atoms with Gasteiger partial charge >= 0.3 is 29.6 Å². The molecule has 0 fully saturated rings. The fourth-order valence-corrected chi connectivity index (χ4v) is 3.55. The number of amides is 1. The van der Waals surface area contributed by atoms with Crippen LogP contribution in [-0.2, 0) is 19.1 Å². The molecular formula is C22H38NNaO4S. The van der Waals surface area contributed by atoms with Gasteiger partial charge in [-0.1, -0.05) is 95.9 Å². The number of nitrogens with two attached hydrogens (primary N) is 1. The first-order chi connectivity index (χ1) is 13.4. The molecule has 0 bridgehead atoms. The van der Waals surface area contributed by atoms with E-state index >= 15 is 0 Å². The van der Waals surface area contributed by atoms with Crippen LogP contribution < -0.4 is 5.73 Å². The average Bonchev–Trinajstić information content (AvgIpc) is 2.70. The molecule has 0 aliphatic carbocycles. The number of primary amides is 1. The SMILES string of the molecule is C=CC(N)=O.CCCCCCCCCCCCCOS(=O)(=O)c1ccccc1.[NaH]. The third-order valence-corrected chi connectivity index (χ3v) is 5.55. The van der Waals surface area contributed by atoms with Crippen molar-refractivity contribution in [1.82, 2.24) is 0 Å². The first-order valence-electron chi connectivity index (χ1n) is 10.3. The molecule has 5 nitrogen and oxygen atoms in total. The van der Waals surface area contributed by atoms with Gasteiger partial charge in [-0.3, -0.25) is 8.98 Å². The van der Waals surface area contributed by atoms with Gasteiger partial charge in [0.05, 0.1) is 11.5 Å². The Balaban J connectivity index is 0. The van der Waals surface area contributed by atoms with Gasteiger partial charge in [0.1, 0.15) is 0 Å². The molecule has 1 amide bonds. The molecule has 0 atom stereocenters. The molecule has 1 aromatic rings. The van der Waals surface area contributed by atoms with Crippen LogP contribution in [0.3, 0.4) is 0 Å². The van der Waals surface area contributed by atoms with E-state index in [9.17, 15) is 13.2 Å². The maximum atomic E-state index is 11.9. The first kappa shape index (κ1) is 30.5. The van der Waals surface area contributed by atoms with Crippen molar-refractivity contribution in [3.63, 3.8) is 0 Å². The van der Waals surface area contributed by atoms with E-state index in [1.807, 2.05) is 0 Å². The molecule has 0 aliphatic heterocycles. The zero-order valence-electron chi connectivity index (χ0n) is 17.3. The summed E-state index contributed by atoms with van der Waals surface area (Å²) >= 11 is 0. The first-order valence-corrected chi connectivity index (χ1v) is 11.7. The van der Waals surface area contributed by atoms with E-state index in [1.54, 1.807) is 30.3 Å². The summed E-state index contributed by atoms with van der Waals surface area (Å²) in [5.74, 6) is -0.481. The van der Waals surface area contributed by atoms with Gasteiger partial charge in [0, 0.05) is 0 Å². The zero-order chi connectivity index (χ0) is 21.1. The van der Waals surface area contributed by atoms with E-state index in [0.717, 1.165) is 18.9 Å². The molecule has 0 heterocycles. The van der Waals surface area contributed by atoms with Crippen LogP contribution in [0.5, 0.6) is 0 Å². The number of carbonyl (C=O) groups is 1. The van der Waals surface area contributed by atoms with Crippen molar-refractivity contribution in [2.75, 3.05) is 6.61 Å². The molecule has 2 N–H and O–H groups in total. The molecule has 0 saturated carbocycles. The third kappa shape index (κ3) is 19.1. The summed E-state index contributed by atoms with van der Waals surface area (Å²) in [6.45, 7) is 5.62. The van der Waals surface area contributed by atoms with E-state index in [4.69, 9.17) is 4.18 Å². The van der Waals surface area contributed by atoms with Crippen molar-refractivity contribution in [2.24, 2.45) is 5.73 Å². The van der Waals surface area contributed by atoms with Crippen LogP contribution in [0.15, 0.2) is 47.9 Å². The van der Waals surface area contributed by atoms with Gasteiger partial charge < -0.3 is 5.73 Å². The molecule has 29 heavy (non-hydrogen) atoms. The van der Waals surface area contributed by atoms with Crippen molar-refractivity contribution in [3.05, 3.63) is 43.0 Å². The van der Waals surface area contributed by atoms with Crippen LogP contribution in [0.4, 0.5) is 0 Å². The number of hydrogen-bond donors (Lipinski definition) is 1. The Morgan fingerprint density at radius 2 is 1.34 bits per heavy atom. The van der Waals surface area contributed by atoms with Gasteiger partial charge in [0.25, 0.3) is 10.1 Å². The van der Waals surface area contributed by atoms with E-state index in [1.165, 1.54) is 57.8 Å². The topological polar surface area (TPSA) is 86.5 Å². The second kappa shape index (κ2) is 20.6. The van der Waals surface area contributed by atoms with Crippen molar-refractivity contribution in [3.8, 4) is 0 Å². The third-order valence-electron chi connectivity index (χ3n) is 4.22. The van der Waals surface area contributed by atoms with Crippen LogP contribution >= 0.6 is 0 Å². The Morgan fingerprint density at radius 1 is 0.931 bits per heavy atom. The quantitative estimate of drug-likeness (QED) is 0.187. The van der Waals surface area contributed by atoms with Crippen LogP contribution in [0, 0.1) is 0 Å². The van der Waals surface area contributed by atoms with Crippen molar-refractivity contribution >= 4 is 45.6 Å². The summed E-state index contributed by atoms with van der Waals surface area (Å²) in [5.41, 5.74) is 4.53. The average molecular weight is 436 g/mol. The predicted molar refractivity (Wildman–Crippen MR) is 123 cm³/mol. The molecule has 162 valence electrons. The molecule has 0 spiro atoms. The van der Waals surface area contributed by atoms with E-state index < -0.39 is 16.0 Å². The molecular weight excluding hydrogens is 397 g/mol. The summed E-state index contributed by atoms with van der Waals surface area (Å²) in [7, 11) is -3.57. The fourth-order valence-electron chi connectivity index (χ4n) is 2.59. The predicted octanol–water partition coefficient (Wildman–Crippen LogP) is 4.71. The van der Waals surface area contributed by atoms with E-state index in [-0.39, 0.29) is 41.1 Å². The van der Waals surface area contributed by atoms with Gasteiger partial charge in [0.2, 0.25) is 5.91 Å². The molecule has 7 heteroatoms. The van der Waals surface area contributed by atoms with E-state index in [2.05, 4.69) is 19.2 Å². The van der Waals surface area contributed by atoms with Gasteiger partial charge in [-0.25, -0.2) is 0 Å². The van der Waals surface area contributed by atoms with Crippen molar-refractivity contribution < 1.29 is 17.4 Å². The normalized spacial score (nSPS) is 10.4. The van der Waals surface area contributed by atoms with Gasteiger partial charge in [0.15, 0.2) is 0 Å². The van der Waals surface area contributed by atoms with Gasteiger partial charge in [-0.05, 0) is 24.6 Å². The van der Waals surface area contributed by atoms with Gasteiger partial charge in [-0.2, -0.15) is 8.42 Å². The number of rotatable bonds is 15. The standard InChI is InChI=1S/C19H32O3S.C3H5NO.Na.H/c1-2-3-4-5-6-7-8-9-10-11-15-18-22-23(20,21)19-16-13-12-14-17-19;1-2-3(4)5;;/h12-14,16-17H,2-11,15,18H2,1H3;2H,1H2,(H2,4,5);;. The Bertz CT molecular complexity index is 621. The van der Waals surface area contributed by atoms with E-state index in [0.29, 0.717) is 0 Å². The van der Waals surface area contributed by atoms with Crippen LogP contribution in [0.25, 0.3) is 0 Å². The Hall–Kier alpha value is -0.660. The molecule has 0 aromatic heterocycles. The minimum absolute atomic E-state index is 0. The fraction of sp³-hybridized carbons (Fsp3) is 0.591. The molecule has 0 unspecified atom stereocenters. The summed E-state index contributed by atoms with van der Waals surface area (Å²) < 4.78 is 28.9. The Morgan fingerprint density at radius 3 is 1.76 bits per heavy atom. The molecule has 1 rings (SSSR count). The summed E-state index contributed by atoms with van der Waals surface area (Å²) in [6, 6.07) is 8.34. The maximum absolute atomic E-state index is 11.9. The monoisotopic (exact) mass is 435 g/mol. The van der Waals surface area contributed by atoms with Crippen LogP contribution in [0.1, 0.15) is 77.6 Å². The Labute approximate surface area is 199 Å². The zero-order valence-corrected chi connectivity index (χ0v) is 18.1. The second-order valence-corrected chi connectivity index (χ2v) is 8.35. The summed E-state index contributed by atoms with van der Waals surface area (Å²) in [6.07, 6.45) is 14.7. The minimum atomic E-state index is -3.57. The Kier molecular flexibility index (Phi) is 21.7. The van der Waals surface area contributed by atoms with Gasteiger partial charge in [-0.15, -0.1) is 0 Å². The molecule has 0 saturated heterocycles. The van der Waals surface area contributed by atoms with Crippen molar-refractivity contribution in [1.29, 1.82) is 0 Å². The molecule has 0 radical (unpaired) electrons.